The summed E-state index contributed by atoms with van der Waals surface area (Å²) in [7, 11) is 0. The predicted octanol–water partition coefficient (Wildman–Crippen LogP) is 2.86. The SMILES string of the molecule is C=CCCCCOC(=O)[C@@H]1[C@@H]2CCC3(O2)C(C(=O)N(CC=C)Cc2ccccc2)N(CCCO)C(=O)[C@H]13. The molecule has 4 rings (SSSR count). The maximum absolute atomic E-state index is 14.2. The lowest BCUT2D eigenvalue weighted by Gasteiger charge is -2.36. The van der Waals surface area contributed by atoms with Gasteiger partial charge in [0.25, 0.3) is 0 Å². The molecular weight excluding hydrogens is 472 g/mol. The summed E-state index contributed by atoms with van der Waals surface area (Å²) in [5.74, 6) is -2.40. The van der Waals surface area contributed by atoms with E-state index in [2.05, 4.69) is 13.2 Å². The van der Waals surface area contributed by atoms with Crippen molar-refractivity contribution in [3.63, 3.8) is 0 Å². The number of esters is 1. The van der Waals surface area contributed by atoms with E-state index in [1.165, 1.54) is 4.90 Å². The third kappa shape index (κ3) is 5.22. The molecule has 0 radical (unpaired) electrons. The summed E-state index contributed by atoms with van der Waals surface area (Å²) in [6.45, 7) is 8.60. The van der Waals surface area contributed by atoms with Crippen LogP contribution in [-0.4, -0.2) is 76.7 Å². The molecule has 8 heteroatoms. The number of nitrogens with zero attached hydrogens (tertiary/aromatic N) is 2. The standard InChI is InChI=1S/C29H38N2O6/c1-3-5-6-10-19-36-28(35)23-22-14-15-29(37-22)24(23)26(33)31(17-11-18-32)25(29)27(34)30(16-4-2)20-21-12-8-7-9-13-21/h3-4,7-9,12-13,22-25,32H,1-2,5-6,10-11,14-20H2/t22-,23+,24-,25?,29?/m0/s1. The summed E-state index contributed by atoms with van der Waals surface area (Å²) in [5, 5.41) is 9.50. The minimum Gasteiger partial charge on any atom is -0.465 e. The van der Waals surface area contributed by atoms with Gasteiger partial charge in [0.15, 0.2) is 0 Å². The van der Waals surface area contributed by atoms with E-state index < -0.39 is 35.6 Å². The molecule has 3 heterocycles. The molecule has 1 spiro atoms. The lowest BCUT2D eigenvalue weighted by Crippen LogP contribution is -2.56. The lowest BCUT2D eigenvalue weighted by molar-refractivity contribution is -0.155. The van der Waals surface area contributed by atoms with Crippen LogP contribution in [0.15, 0.2) is 55.6 Å². The fraction of sp³-hybridized carbons (Fsp3) is 0.552. The first-order chi connectivity index (χ1) is 18.0. The molecule has 2 amide bonds. The highest BCUT2D eigenvalue weighted by Gasteiger charge is 2.75. The van der Waals surface area contributed by atoms with Gasteiger partial charge in [-0.3, -0.25) is 14.4 Å². The van der Waals surface area contributed by atoms with Crippen molar-refractivity contribution in [2.75, 3.05) is 26.3 Å². The molecule has 200 valence electrons. The van der Waals surface area contributed by atoms with Gasteiger partial charge in [0, 0.05) is 26.2 Å². The molecule has 2 unspecified atom stereocenters. The summed E-state index contributed by atoms with van der Waals surface area (Å²) in [6.07, 6.45) is 6.97. The Morgan fingerprint density at radius 3 is 2.68 bits per heavy atom. The molecule has 0 aromatic heterocycles. The van der Waals surface area contributed by atoms with Gasteiger partial charge in [-0.2, -0.15) is 0 Å². The van der Waals surface area contributed by atoms with Crippen molar-refractivity contribution in [3.05, 3.63) is 61.2 Å². The molecule has 1 N–H and O–H groups in total. The zero-order valence-electron chi connectivity index (χ0n) is 21.4. The van der Waals surface area contributed by atoms with Crippen LogP contribution in [0.4, 0.5) is 0 Å². The summed E-state index contributed by atoms with van der Waals surface area (Å²) >= 11 is 0. The van der Waals surface area contributed by atoms with E-state index in [0.29, 0.717) is 32.4 Å². The number of aliphatic hydroxyl groups is 1. The Labute approximate surface area is 218 Å². The van der Waals surface area contributed by atoms with E-state index in [1.54, 1.807) is 11.0 Å². The van der Waals surface area contributed by atoms with Crippen LogP contribution in [0, 0.1) is 11.8 Å². The zero-order valence-corrected chi connectivity index (χ0v) is 21.4. The first-order valence-corrected chi connectivity index (χ1v) is 13.3. The van der Waals surface area contributed by atoms with Crippen molar-refractivity contribution in [2.45, 2.75) is 62.8 Å². The molecule has 0 aliphatic carbocycles. The largest absolute Gasteiger partial charge is 0.465 e. The molecule has 8 nitrogen and oxygen atoms in total. The number of hydrogen-bond donors (Lipinski definition) is 1. The van der Waals surface area contributed by atoms with Crippen LogP contribution in [0.3, 0.4) is 0 Å². The Balaban J connectivity index is 1.60. The number of allylic oxidation sites excluding steroid dienone is 1. The fourth-order valence-electron chi connectivity index (χ4n) is 6.21. The van der Waals surface area contributed by atoms with Gasteiger partial charge in [-0.1, -0.05) is 42.5 Å². The van der Waals surface area contributed by atoms with E-state index in [1.807, 2.05) is 36.4 Å². The van der Waals surface area contributed by atoms with Gasteiger partial charge < -0.3 is 24.4 Å². The van der Waals surface area contributed by atoms with E-state index in [-0.39, 0.29) is 31.6 Å². The van der Waals surface area contributed by atoms with Crippen molar-refractivity contribution in [1.82, 2.24) is 9.80 Å². The average Bonchev–Trinajstić information content (AvgIpc) is 3.54. The van der Waals surface area contributed by atoms with Gasteiger partial charge in [0.05, 0.1) is 24.5 Å². The summed E-state index contributed by atoms with van der Waals surface area (Å²) in [4.78, 5) is 44.4. The van der Waals surface area contributed by atoms with E-state index in [0.717, 1.165) is 24.8 Å². The molecule has 37 heavy (non-hydrogen) atoms. The maximum atomic E-state index is 14.2. The van der Waals surface area contributed by atoms with Crippen molar-refractivity contribution >= 4 is 17.8 Å². The second kappa shape index (κ2) is 12.0. The number of unbranched alkanes of at least 4 members (excludes halogenated alkanes) is 2. The smallest absolute Gasteiger partial charge is 0.312 e. The topological polar surface area (TPSA) is 96.4 Å². The Morgan fingerprint density at radius 2 is 1.97 bits per heavy atom. The molecule has 1 aromatic carbocycles. The number of carbonyl (C=O) groups is 3. The summed E-state index contributed by atoms with van der Waals surface area (Å²) in [5.41, 5.74) is -0.107. The average molecular weight is 511 g/mol. The van der Waals surface area contributed by atoms with Crippen molar-refractivity contribution in [1.29, 1.82) is 0 Å². The molecule has 1 aromatic rings. The lowest BCUT2D eigenvalue weighted by atomic mass is 9.70. The molecule has 3 aliphatic rings. The first kappa shape index (κ1) is 27.1. The molecule has 3 aliphatic heterocycles. The van der Waals surface area contributed by atoms with Crippen LogP contribution in [0.2, 0.25) is 0 Å². The van der Waals surface area contributed by atoms with E-state index >= 15 is 0 Å². The van der Waals surface area contributed by atoms with Gasteiger partial charge in [-0.05, 0) is 44.1 Å². The van der Waals surface area contributed by atoms with Crippen LogP contribution in [0.5, 0.6) is 0 Å². The van der Waals surface area contributed by atoms with Gasteiger partial charge in [-0.15, -0.1) is 13.2 Å². The second-order valence-electron chi connectivity index (χ2n) is 10.1. The Kier molecular flexibility index (Phi) is 8.82. The molecule has 3 fully saturated rings. The van der Waals surface area contributed by atoms with Crippen LogP contribution < -0.4 is 0 Å². The van der Waals surface area contributed by atoms with E-state index in [9.17, 15) is 19.5 Å². The van der Waals surface area contributed by atoms with Gasteiger partial charge in [0.1, 0.15) is 11.6 Å². The second-order valence-corrected chi connectivity index (χ2v) is 10.1. The third-order valence-electron chi connectivity index (χ3n) is 7.79. The van der Waals surface area contributed by atoms with Crippen molar-refractivity contribution < 1.29 is 29.0 Å². The van der Waals surface area contributed by atoms with Crippen LogP contribution in [0.25, 0.3) is 0 Å². The normalized spacial score (nSPS) is 27.7. The number of aliphatic hydroxyl groups excluding tert-OH is 1. The van der Waals surface area contributed by atoms with E-state index in [4.69, 9.17) is 9.47 Å². The van der Waals surface area contributed by atoms with Crippen molar-refractivity contribution in [3.8, 4) is 0 Å². The predicted molar refractivity (Wildman–Crippen MR) is 138 cm³/mol. The minimum atomic E-state index is -1.07. The maximum Gasteiger partial charge on any atom is 0.312 e. The number of ether oxygens (including phenoxy) is 2. The minimum absolute atomic E-state index is 0.109. The number of benzene rings is 1. The Morgan fingerprint density at radius 1 is 1.19 bits per heavy atom. The third-order valence-corrected chi connectivity index (χ3v) is 7.79. The van der Waals surface area contributed by atoms with Gasteiger partial charge in [-0.25, -0.2) is 0 Å². The first-order valence-electron chi connectivity index (χ1n) is 13.3. The molecule has 5 atom stereocenters. The zero-order chi connectivity index (χ0) is 26.4. The number of amides is 2. The molecular formula is C29H38N2O6. The highest BCUT2D eigenvalue weighted by atomic mass is 16.6. The van der Waals surface area contributed by atoms with Crippen LogP contribution >= 0.6 is 0 Å². The number of likely N-dealkylation sites (tertiary alicyclic amines) is 1. The highest BCUT2D eigenvalue weighted by Crippen LogP contribution is 2.58. The molecule has 2 bridgehead atoms. The van der Waals surface area contributed by atoms with Gasteiger partial charge in [0.2, 0.25) is 11.8 Å². The number of rotatable bonds is 14. The Bertz CT molecular complexity index is 997. The monoisotopic (exact) mass is 510 g/mol. The number of hydrogen-bond acceptors (Lipinski definition) is 6. The number of fused-ring (bicyclic) bond motifs is 1. The summed E-state index contributed by atoms with van der Waals surface area (Å²) < 4.78 is 12.0. The summed E-state index contributed by atoms with van der Waals surface area (Å²) in [6, 6.07) is 8.79. The number of carbonyl (C=O) groups excluding carboxylic acids is 3. The van der Waals surface area contributed by atoms with Crippen molar-refractivity contribution in [2.24, 2.45) is 11.8 Å². The molecule has 3 saturated heterocycles. The fourth-order valence-corrected chi connectivity index (χ4v) is 6.21. The van der Waals surface area contributed by atoms with Gasteiger partial charge >= 0.3 is 5.97 Å². The quantitative estimate of drug-likeness (QED) is 0.235. The highest BCUT2D eigenvalue weighted by molar-refractivity contribution is 5.98. The van der Waals surface area contributed by atoms with Crippen LogP contribution in [-0.2, 0) is 30.4 Å². The van der Waals surface area contributed by atoms with Crippen LogP contribution in [0.1, 0.15) is 44.1 Å². The Hall–Kier alpha value is -2.97. The molecule has 0 saturated carbocycles.